The number of aromatic nitrogens is 1. The van der Waals surface area contributed by atoms with Crippen molar-refractivity contribution in [1.29, 1.82) is 0 Å². The Labute approximate surface area is 323 Å². The summed E-state index contributed by atoms with van der Waals surface area (Å²) >= 11 is 0. The number of nitrogens with zero attached hydrogens (tertiary/aromatic N) is 3. The highest BCUT2D eigenvalue weighted by atomic mass is 32.2. The molecule has 4 aliphatic rings. The predicted octanol–water partition coefficient (Wildman–Crippen LogP) is 5.01. The van der Waals surface area contributed by atoms with Crippen molar-refractivity contribution in [3.63, 3.8) is 0 Å². The lowest BCUT2D eigenvalue weighted by atomic mass is 9.85. The maximum atomic E-state index is 15.0. The highest BCUT2D eigenvalue weighted by molar-refractivity contribution is 7.91. The molecule has 0 bridgehead atoms. The van der Waals surface area contributed by atoms with Gasteiger partial charge in [-0.15, -0.1) is 0 Å². The summed E-state index contributed by atoms with van der Waals surface area (Å²) in [5, 5.41) is 14.4. The Morgan fingerprint density at radius 1 is 1.13 bits per heavy atom. The number of rotatable bonds is 9. The van der Waals surface area contributed by atoms with E-state index in [1.54, 1.807) is 27.0 Å². The van der Waals surface area contributed by atoms with Crippen LogP contribution in [0, 0.1) is 17.8 Å². The van der Waals surface area contributed by atoms with Crippen LogP contribution in [0.15, 0.2) is 42.6 Å². The number of hydrogen-bond donors (Lipinski definition) is 3. The largest absolute Gasteiger partial charge is 0.494 e. The summed E-state index contributed by atoms with van der Waals surface area (Å²) in [4.78, 5) is 63.4. The first-order valence-corrected chi connectivity index (χ1v) is 21.1. The maximum absolute atomic E-state index is 15.0. The molecule has 3 fully saturated rings. The molecule has 2 aliphatic heterocycles. The number of allylic oxidation sites excluding steroid dienone is 1. The van der Waals surface area contributed by atoms with E-state index < -0.39 is 80.2 Å². The first kappa shape index (κ1) is 40.3. The molecule has 0 unspecified atom stereocenters. The molecule has 300 valence electrons. The lowest BCUT2D eigenvalue weighted by Gasteiger charge is -2.43. The normalized spacial score (nSPS) is 29.5. The summed E-state index contributed by atoms with van der Waals surface area (Å²) in [6, 6.07) is 5.11. The quantitative estimate of drug-likeness (QED) is 0.292. The van der Waals surface area contributed by atoms with E-state index in [0.29, 0.717) is 49.3 Å². The summed E-state index contributed by atoms with van der Waals surface area (Å²) in [6.07, 6.45) is 7.38. The zero-order valence-corrected chi connectivity index (χ0v) is 33.4. The van der Waals surface area contributed by atoms with Crippen molar-refractivity contribution in [3.8, 4) is 11.6 Å². The first-order valence-electron chi connectivity index (χ1n) is 19.5. The second-order valence-corrected chi connectivity index (χ2v) is 18.8. The molecule has 15 heteroatoms. The molecule has 0 radical (unpaired) electrons. The number of sulfonamides is 1. The van der Waals surface area contributed by atoms with E-state index in [0.717, 1.165) is 18.2 Å². The Morgan fingerprint density at radius 2 is 1.87 bits per heavy atom. The Kier molecular flexibility index (Phi) is 11.4. The number of fused-ring (bicyclic) bond motifs is 3. The molecule has 55 heavy (non-hydrogen) atoms. The van der Waals surface area contributed by atoms with E-state index >= 15 is 4.79 Å². The van der Waals surface area contributed by atoms with E-state index in [2.05, 4.69) is 21.9 Å². The van der Waals surface area contributed by atoms with Crippen molar-refractivity contribution >= 4 is 44.6 Å². The lowest BCUT2D eigenvalue weighted by molar-refractivity contribution is -0.146. The van der Waals surface area contributed by atoms with Crippen LogP contribution in [0.5, 0.6) is 11.6 Å². The minimum Gasteiger partial charge on any atom is -0.494 e. The number of hydrogen-bond acceptors (Lipinski definition) is 9. The van der Waals surface area contributed by atoms with Gasteiger partial charge in [-0.05, 0) is 107 Å². The van der Waals surface area contributed by atoms with Gasteiger partial charge in [-0.3, -0.25) is 24.0 Å². The Balaban J connectivity index is 1.37. The minimum absolute atomic E-state index is 0.0198. The van der Waals surface area contributed by atoms with Crippen LogP contribution in [0.4, 0.5) is 4.79 Å². The summed E-state index contributed by atoms with van der Waals surface area (Å²) in [5.41, 5.74) is -2.50. The molecule has 3 N–H and O–H groups in total. The average molecular weight is 782 g/mol. The highest BCUT2D eigenvalue weighted by Gasteiger charge is 2.62. The van der Waals surface area contributed by atoms with Gasteiger partial charge in [0.2, 0.25) is 27.7 Å². The van der Waals surface area contributed by atoms with Crippen molar-refractivity contribution in [2.24, 2.45) is 17.8 Å². The third-order valence-electron chi connectivity index (χ3n) is 11.2. The molecular formula is C40H55N5O9S. The van der Waals surface area contributed by atoms with Crippen LogP contribution < -0.4 is 19.5 Å². The van der Waals surface area contributed by atoms with Crippen LogP contribution in [0.1, 0.15) is 92.9 Å². The fourth-order valence-corrected chi connectivity index (χ4v) is 9.52. The average Bonchev–Trinajstić information content (AvgIpc) is 4.03. The van der Waals surface area contributed by atoms with E-state index in [1.807, 2.05) is 50.3 Å². The minimum atomic E-state index is -3.91. The van der Waals surface area contributed by atoms with Crippen molar-refractivity contribution < 1.29 is 42.2 Å². The number of carbonyl (C=O) groups excluding carboxylic acids is 3. The van der Waals surface area contributed by atoms with Gasteiger partial charge in [-0.1, -0.05) is 32.9 Å². The second-order valence-electron chi connectivity index (χ2n) is 16.9. The summed E-state index contributed by atoms with van der Waals surface area (Å²) in [6.45, 7) is 11.7. The number of amides is 4. The van der Waals surface area contributed by atoms with E-state index in [9.17, 15) is 27.9 Å². The van der Waals surface area contributed by atoms with Gasteiger partial charge in [0.15, 0.2) is 0 Å². The molecular weight excluding hydrogens is 727 g/mol. The molecule has 2 aromatic rings. The lowest BCUT2D eigenvalue weighted by Crippen LogP contribution is -2.62. The van der Waals surface area contributed by atoms with Gasteiger partial charge in [0.25, 0.3) is 5.91 Å². The van der Waals surface area contributed by atoms with E-state index in [1.165, 1.54) is 9.80 Å². The van der Waals surface area contributed by atoms with Gasteiger partial charge >= 0.3 is 6.09 Å². The molecule has 4 amide bonds. The highest BCUT2D eigenvalue weighted by Crippen LogP contribution is 2.46. The number of benzene rings is 1. The molecule has 2 aliphatic carbocycles. The topological polar surface area (TPSA) is 185 Å². The summed E-state index contributed by atoms with van der Waals surface area (Å²) < 4.78 is 40.3. The number of pyridine rings is 1. The molecule has 1 aromatic heterocycles. The smallest absolute Gasteiger partial charge is 0.408 e. The van der Waals surface area contributed by atoms with E-state index in [4.69, 9.17) is 9.47 Å². The molecule has 14 nitrogen and oxygen atoms in total. The van der Waals surface area contributed by atoms with Crippen molar-refractivity contribution in [1.82, 2.24) is 24.8 Å². The van der Waals surface area contributed by atoms with Gasteiger partial charge < -0.3 is 24.8 Å². The number of carbonyl (C=O) groups is 4. The number of carboxylic acid groups (broad SMARTS) is 1. The van der Waals surface area contributed by atoms with Gasteiger partial charge in [0.1, 0.15) is 29.5 Å². The van der Waals surface area contributed by atoms with Crippen LogP contribution in [0.25, 0.3) is 10.8 Å². The third kappa shape index (κ3) is 8.71. The Hall–Kier alpha value is -4.40. The fraction of sp³-hybridized carbons (Fsp3) is 0.625. The Bertz CT molecular complexity index is 1940. The molecule has 3 heterocycles. The Morgan fingerprint density at radius 3 is 2.55 bits per heavy atom. The molecule has 2 saturated carbocycles. The van der Waals surface area contributed by atoms with Crippen LogP contribution in [-0.4, -0.2) is 99.8 Å². The zero-order chi connectivity index (χ0) is 39.9. The van der Waals surface area contributed by atoms with Crippen molar-refractivity contribution in [2.75, 3.05) is 13.2 Å². The second kappa shape index (κ2) is 15.6. The van der Waals surface area contributed by atoms with Crippen LogP contribution in [0.2, 0.25) is 0 Å². The van der Waals surface area contributed by atoms with Gasteiger partial charge in [-0.25, -0.2) is 18.2 Å². The van der Waals surface area contributed by atoms with Crippen LogP contribution in [0.3, 0.4) is 0 Å². The third-order valence-corrected chi connectivity index (χ3v) is 13.0. The SMILES string of the molecule is CCCOc1ccc2c(O[C@@H]3C[C@H]4C(=O)N[C@]5(C(=O)NS(=O)(=O)C6CC6)C[C@H]5/C=C\CC[C@H](C)C[C@@H](C)[C@H](N(C(=O)O)C(C)(C)C)C(=O)N4C3)nccc2c1. The summed E-state index contributed by atoms with van der Waals surface area (Å²) in [5.74, 6) is -1.75. The van der Waals surface area contributed by atoms with Crippen LogP contribution in [-0.2, 0) is 24.4 Å². The molecule has 6 rings (SSSR count). The predicted molar refractivity (Wildman–Crippen MR) is 206 cm³/mol. The maximum Gasteiger partial charge on any atom is 0.408 e. The van der Waals surface area contributed by atoms with Crippen molar-refractivity contribution in [2.45, 2.75) is 127 Å². The number of ether oxygens (including phenoxy) is 2. The van der Waals surface area contributed by atoms with Gasteiger partial charge in [0, 0.05) is 29.5 Å². The zero-order valence-electron chi connectivity index (χ0n) is 32.6. The fourth-order valence-electron chi connectivity index (χ4n) is 8.16. The summed E-state index contributed by atoms with van der Waals surface area (Å²) in [7, 11) is -3.91. The standard InChI is InChI=1S/C40H55N5O9S/c1-7-18-53-28-12-15-31-26(20-28)16-17-41-35(31)54-29-21-32-34(46)42-40(37(48)43-55(51,52)30-13-14-30)22-27(40)11-9-8-10-24(2)19-25(3)33(36(47)44(32)23-29)45(38(49)50)39(4,5)6/h9,11-12,15-17,20,24-25,27,29-30,32-33H,7-8,10,13-14,18-19,21-23H2,1-6H3,(H,42,46)(H,43,48)(H,49,50)/b11-9-/t24-,25+,27+,29+,32-,33-,40+/m0/s1. The number of nitrogens with one attached hydrogen (secondary N) is 2. The van der Waals surface area contributed by atoms with Gasteiger partial charge in [-0.2, -0.15) is 0 Å². The molecule has 7 atom stereocenters. The van der Waals surface area contributed by atoms with Crippen molar-refractivity contribution in [3.05, 3.63) is 42.6 Å². The van der Waals surface area contributed by atoms with Crippen LogP contribution >= 0.6 is 0 Å². The molecule has 1 saturated heterocycles. The monoisotopic (exact) mass is 781 g/mol. The van der Waals surface area contributed by atoms with Gasteiger partial charge in [0.05, 0.1) is 18.4 Å². The first-order chi connectivity index (χ1) is 25.9. The molecule has 1 aromatic carbocycles. The van der Waals surface area contributed by atoms with E-state index in [-0.39, 0.29) is 25.3 Å². The molecule has 0 spiro atoms.